The van der Waals surface area contributed by atoms with E-state index in [0.29, 0.717) is 0 Å². The Balaban J connectivity index is 0.000001000. The molecule has 0 bridgehead atoms. The maximum atomic E-state index is 5.35. The van der Waals surface area contributed by atoms with Gasteiger partial charge in [-0.25, -0.2) is 0 Å². The fourth-order valence-corrected chi connectivity index (χ4v) is 1.33. The van der Waals surface area contributed by atoms with Crippen LogP contribution in [0.2, 0.25) is 0 Å². The van der Waals surface area contributed by atoms with Gasteiger partial charge in [0.2, 0.25) is 0 Å². The van der Waals surface area contributed by atoms with Gasteiger partial charge < -0.3 is 10.1 Å². The van der Waals surface area contributed by atoms with Gasteiger partial charge in [0.25, 0.3) is 0 Å². The van der Waals surface area contributed by atoms with E-state index in [-0.39, 0.29) is 12.4 Å². The standard InChI is InChI=1S/C8H17NO.ClH/c1-2-10-7-8-3-5-9-6-4-8;/h8-9H,2-7H2,1H3;1H. The van der Waals surface area contributed by atoms with Crippen LogP contribution < -0.4 is 5.32 Å². The maximum absolute atomic E-state index is 5.35. The van der Waals surface area contributed by atoms with Crippen molar-refractivity contribution in [2.45, 2.75) is 19.8 Å². The molecule has 0 aromatic carbocycles. The van der Waals surface area contributed by atoms with E-state index in [1.54, 1.807) is 0 Å². The second-order valence-corrected chi connectivity index (χ2v) is 2.85. The van der Waals surface area contributed by atoms with Crippen molar-refractivity contribution in [1.29, 1.82) is 0 Å². The number of nitrogens with one attached hydrogen (secondary N) is 1. The van der Waals surface area contributed by atoms with Crippen molar-refractivity contribution in [2.75, 3.05) is 26.3 Å². The first-order valence-corrected chi connectivity index (χ1v) is 4.22. The molecule has 68 valence electrons. The number of hydrogen-bond acceptors (Lipinski definition) is 2. The first-order chi connectivity index (χ1) is 4.93. The summed E-state index contributed by atoms with van der Waals surface area (Å²) in [6, 6.07) is 0. The summed E-state index contributed by atoms with van der Waals surface area (Å²) in [6.45, 7) is 6.25. The van der Waals surface area contributed by atoms with Gasteiger partial charge >= 0.3 is 0 Å². The molecule has 1 heterocycles. The van der Waals surface area contributed by atoms with Crippen LogP contribution in [-0.2, 0) is 4.74 Å². The summed E-state index contributed by atoms with van der Waals surface area (Å²) in [5.74, 6) is 0.821. The van der Waals surface area contributed by atoms with Crippen LogP contribution in [0, 0.1) is 5.92 Å². The van der Waals surface area contributed by atoms with Gasteiger partial charge in [-0.3, -0.25) is 0 Å². The minimum absolute atomic E-state index is 0. The molecule has 0 aromatic rings. The van der Waals surface area contributed by atoms with E-state index in [4.69, 9.17) is 4.74 Å². The molecule has 1 aliphatic heterocycles. The van der Waals surface area contributed by atoms with Gasteiger partial charge in [-0.05, 0) is 38.8 Å². The topological polar surface area (TPSA) is 21.3 Å². The summed E-state index contributed by atoms with van der Waals surface area (Å²) in [6.07, 6.45) is 2.58. The zero-order valence-corrected chi connectivity index (χ0v) is 7.95. The third kappa shape index (κ3) is 4.62. The van der Waals surface area contributed by atoms with Gasteiger partial charge in [0.1, 0.15) is 0 Å². The molecule has 0 atom stereocenters. The zero-order valence-electron chi connectivity index (χ0n) is 7.14. The molecule has 0 aromatic heterocycles. The molecule has 0 radical (unpaired) electrons. The Morgan fingerprint density at radius 3 is 2.55 bits per heavy atom. The Hall–Kier alpha value is 0.210. The highest BCUT2D eigenvalue weighted by Crippen LogP contribution is 2.11. The summed E-state index contributed by atoms with van der Waals surface area (Å²) in [5.41, 5.74) is 0. The van der Waals surface area contributed by atoms with Crippen molar-refractivity contribution < 1.29 is 4.74 Å². The molecule has 1 aliphatic rings. The van der Waals surface area contributed by atoms with Crippen molar-refractivity contribution >= 4 is 12.4 Å². The Bertz CT molecular complexity index is 84.2. The van der Waals surface area contributed by atoms with Gasteiger partial charge in [-0.1, -0.05) is 0 Å². The lowest BCUT2D eigenvalue weighted by Crippen LogP contribution is -2.29. The molecular formula is C8H18ClNO. The second-order valence-electron chi connectivity index (χ2n) is 2.85. The maximum Gasteiger partial charge on any atom is 0.0495 e. The lowest BCUT2D eigenvalue weighted by Gasteiger charge is -2.21. The number of rotatable bonds is 3. The monoisotopic (exact) mass is 179 g/mol. The Morgan fingerprint density at radius 1 is 1.36 bits per heavy atom. The Labute approximate surface area is 75.1 Å². The van der Waals surface area contributed by atoms with E-state index < -0.39 is 0 Å². The molecule has 0 saturated carbocycles. The van der Waals surface area contributed by atoms with E-state index >= 15 is 0 Å². The summed E-state index contributed by atoms with van der Waals surface area (Å²) >= 11 is 0. The van der Waals surface area contributed by atoms with Crippen LogP contribution in [-0.4, -0.2) is 26.3 Å². The molecular weight excluding hydrogens is 162 g/mol. The van der Waals surface area contributed by atoms with Crippen molar-refractivity contribution in [3.8, 4) is 0 Å². The van der Waals surface area contributed by atoms with Crippen molar-refractivity contribution in [3.05, 3.63) is 0 Å². The molecule has 0 aliphatic carbocycles. The average Bonchev–Trinajstić information content (AvgIpc) is 2.03. The molecule has 0 unspecified atom stereocenters. The molecule has 1 saturated heterocycles. The number of ether oxygens (including phenoxy) is 1. The van der Waals surface area contributed by atoms with Crippen LogP contribution in [0.4, 0.5) is 0 Å². The van der Waals surface area contributed by atoms with Crippen LogP contribution in [0.1, 0.15) is 19.8 Å². The van der Waals surface area contributed by atoms with E-state index in [1.165, 1.54) is 25.9 Å². The zero-order chi connectivity index (χ0) is 7.23. The minimum atomic E-state index is 0. The fraction of sp³-hybridized carbons (Fsp3) is 1.00. The van der Waals surface area contributed by atoms with Gasteiger partial charge in [0, 0.05) is 13.2 Å². The predicted molar refractivity (Wildman–Crippen MR) is 49.3 cm³/mol. The van der Waals surface area contributed by atoms with Gasteiger partial charge in [0.15, 0.2) is 0 Å². The summed E-state index contributed by atoms with van der Waals surface area (Å²) in [7, 11) is 0. The first kappa shape index (κ1) is 11.2. The molecule has 0 amide bonds. The molecule has 3 heteroatoms. The van der Waals surface area contributed by atoms with Crippen molar-refractivity contribution in [2.24, 2.45) is 5.92 Å². The molecule has 1 rings (SSSR count). The van der Waals surface area contributed by atoms with Crippen LogP contribution in [0.3, 0.4) is 0 Å². The number of hydrogen-bond donors (Lipinski definition) is 1. The summed E-state index contributed by atoms with van der Waals surface area (Å²) in [5, 5.41) is 3.34. The highest BCUT2D eigenvalue weighted by atomic mass is 35.5. The Kier molecular flexibility index (Phi) is 7.02. The third-order valence-corrected chi connectivity index (χ3v) is 2.02. The highest BCUT2D eigenvalue weighted by Gasteiger charge is 2.11. The first-order valence-electron chi connectivity index (χ1n) is 4.22. The molecule has 1 N–H and O–H groups in total. The average molecular weight is 180 g/mol. The lowest BCUT2D eigenvalue weighted by atomic mass is 9.99. The minimum Gasteiger partial charge on any atom is -0.381 e. The SMILES string of the molecule is CCOCC1CCNCC1.Cl. The molecule has 2 nitrogen and oxygen atoms in total. The van der Waals surface area contributed by atoms with Crippen LogP contribution in [0.25, 0.3) is 0 Å². The Morgan fingerprint density at radius 2 is 2.00 bits per heavy atom. The normalized spacial score (nSPS) is 19.4. The van der Waals surface area contributed by atoms with Gasteiger partial charge in [-0.15, -0.1) is 12.4 Å². The smallest absolute Gasteiger partial charge is 0.0495 e. The fourth-order valence-electron chi connectivity index (χ4n) is 1.33. The quantitative estimate of drug-likeness (QED) is 0.708. The van der Waals surface area contributed by atoms with E-state index in [1.807, 2.05) is 0 Å². The lowest BCUT2D eigenvalue weighted by molar-refractivity contribution is 0.0977. The third-order valence-electron chi connectivity index (χ3n) is 2.02. The second kappa shape index (κ2) is 6.89. The van der Waals surface area contributed by atoms with Crippen LogP contribution in [0.15, 0.2) is 0 Å². The molecule has 0 spiro atoms. The highest BCUT2D eigenvalue weighted by molar-refractivity contribution is 5.85. The molecule has 11 heavy (non-hydrogen) atoms. The van der Waals surface area contributed by atoms with Crippen LogP contribution >= 0.6 is 12.4 Å². The number of halogens is 1. The van der Waals surface area contributed by atoms with E-state index in [2.05, 4.69) is 12.2 Å². The van der Waals surface area contributed by atoms with Crippen molar-refractivity contribution in [1.82, 2.24) is 5.32 Å². The van der Waals surface area contributed by atoms with Gasteiger partial charge in [0.05, 0.1) is 0 Å². The van der Waals surface area contributed by atoms with E-state index in [9.17, 15) is 0 Å². The largest absolute Gasteiger partial charge is 0.381 e. The van der Waals surface area contributed by atoms with Gasteiger partial charge in [-0.2, -0.15) is 0 Å². The van der Waals surface area contributed by atoms with E-state index in [0.717, 1.165) is 19.1 Å². The number of piperidine rings is 1. The molecule has 1 fully saturated rings. The summed E-state index contributed by atoms with van der Waals surface area (Å²) < 4.78 is 5.35. The summed E-state index contributed by atoms with van der Waals surface area (Å²) in [4.78, 5) is 0. The van der Waals surface area contributed by atoms with Crippen molar-refractivity contribution in [3.63, 3.8) is 0 Å². The van der Waals surface area contributed by atoms with Crippen LogP contribution in [0.5, 0.6) is 0 Å². The predicted octanol–water partition coefficient (Wildman–Crippen LogP) is 1.44.